The monoisotopic (exact) mass is 934 g/mol. The molecular formula is C52H36F6O6S2. The minimum Gasteiger partial charge on any atom is -0.482 e. The van der Waals surface area contributed by atoms with Crippen LogP contribution in [0.1, 0.15) is 138 Å². The summed E-state index contributed by atoms with van der Waals surface area (Å²) in [5, 5.41) is 0. The van der Waals surface area contributed by atoms with Gasteiger partial charge in [0.1, 0.15) is 22.7 Å². The minimum atomic E-state index is -4.66. The molecule has 2 aliphatic heterocycles. The summed E-state index contributed by atoms with van der Waals surface area (Å²) in [6.45, 7) is 0. The number of carbonyl (C=O) groups excluding carboxylic acids is 4. The van der Waals surface area contributed by atoms with Crippen molar-refractivity contribution in [2.75, 3.05) is 0 Å². The average Bonchev–Trinajstić information content (AvgIpc) is 4.04. The molecule has 2 atom stereocenters. The number of carbonyl (C=O) groups is 4. The van der Waals surface area contributed by atoms with Gasteiger partial charge in [-0.15, -0.1) is 22.7 Å². The van der Waals surface area contributed by atoms with Crippen LogP contribution in [0.2, 0.25) is 0 Å². The standard InChI is InChI=1S/C52H36F6O6S2/c53-51(54,55)27-7-9-31-33(19-27)35(45(61)43(31)59)21-29-23-39-47(65-29)37-15-26-18-42-38(16-25(26)17-41(37)63-49(39)11-3-1-4-12-49)48-40(50(64-42)13-5-2-6-14-50)24-30(66-48)22-36-34-20-28(52(56,57)58)8-10-32(34)44(60)46(36)62/h7-10,15-26H,1-6,11-14H2/b35-21-,36-22-. The van der Waals surface area contributed by atoms with Crippen molar-refractivity contribution >= 4 is 80.3 Å². The van der Waals surface area contributed by atoms with Crippen LogP contribution in [0.5, 0.6) is 0 Å². The predicted octanol–water partition coefficient (Wildman–Crippen LogP) is 13.3. The Labute approximate surface area is 381 Å². The topological polar surface area (TPSA) is 86.7 Å². The summed E-state index contributed by atoms with van der Waals surface area (Å²) in [6.07, 6.45) is 11.1. The first-order valence-electron chi connectivity index (χ1n) is 22.1. The lowest BCUT2D eigenvalue weighted by Gasteiger charge is -2.46. The van der Waals surface area contributed by atoms with Crippen molar-refractivity contribution in [1.29, 1.82) is 0 Å². The van der Waals surface area contributed by atoms with Gasteiger partial charge in [0.2, 0.25) is 23.1 Å². The van der Waals surface area contributed by atoms with E-state index in [2.05, 4.69) is 24.3 Å². The summed E-state index contributed by atoms with van der Waals surface area (Å²) in [5.74, 6) is -2.24. The smallest absolute Gasteiger partial charge is 0.416 e. The number of hydrogen-bond donors (Lipinski definition) is 0. The molecule has 0 radical (unpaired) electrons. The fourth-order valence-corrected chi connectivity index (χ4v) is 13.8. The first kappa shape index (κ1) is 41.6. The van der Waals surface area contributed by atoms with Crippen LogP contribution in [0.15, 0.2) is 84.4 Å². The van der Waals surface area contributed by atoms with E-state index in [1.54, 1.807) is 12.2 Å². The SMILES string of the molecule is O=C1C(=O)c2ccc(C(F)(F)F)cc2/C1=C/c1cc2c(s1)C1=CC3C=C4OC5(CCCCC5)c5cc(/C=C6\C(=O)C(=O)c7ccc(C(F)(F)F)cc76)sc5C4=CC3C=C1OC21CCCCC1. The molecule has 2 fully saturated rings. The zero-order valence-electron chi connectivity index (χ0n) is 34.8. The van der Waals surface area contributed by atoms with Crippen LogP contribution in [-0.4, -0.2) is 23.1 Å². The molecule has 0 bridgehead atoms. The molecule has 14 heteroatoms. The number of ether oxygens (including phenoxy) is 2. The van der Waals surface area contributed by atoms with Crippen molar-refractivity contribution < 1.29 is 55.0 Å². The van der Waals surface area contributed by atoms with E-state index in [1.807, 2.05) is 12.1 Å². The van der Waals surface area contributed by atoms with E-state index in [4.69, 9.17) is 9.47 Å². The molecule has 2 aromatic heterocycles. The number of allylic oxidation sites excluding steroid dienone is 8. The molecule has 6 nitrogen and oxygen atoms in total. The molecular weight excluding hydrogens is 899 g/mol. The molecule has 0 N–H and O–H groups in total. The second-order valence-corrected chi connectivity index (χ2v) is 20.6. The maximum atomic E-state index is 13.8. The van der Waals surface area contributed by atoms with Gasteiger partial charge >= 0.3 is 12.4 Å². The number of alkyl halides is 6. The number of thiophene rings is 2. The molecule has 4 heterocycles. The lowest BCUT2D eigenvalue weighted by Crippen LogP contribution is -2.37. The molecule has 2 unspecified atom stereocenters. The average molecular weight is 935 g/mol. The fraction of sp³-hybridized carbons (Fsp3) is 0.308. The number of benzene rings is 2. The Morgan fingerprint density at radius 2 is 0.894 bits per heavy atom. The van der Waals surface area contributed by atoms with Crippen LogP contribution in [-0.2, 0) is 42.6 Å². The van der Waals surface area contributed by atoms with Crippen molar-refractivity contribution in [3.8, 4) is 0 Å². The summed E-state index contributed by atoms with van der Waals surface area (Å²) in [4.78, 5) is 55.7. The zero-order chi connectivity index (χ0) is 45.7. The van der Waals surface area contributed by atoms with Crippen LogP contribution in [0, 0.1) is 11.8 Å². The Bertz CT molecular complexity index is 2910. The molecule has 4 aromatic rings. The van der Waals surface area contributed by atoms with Crippen molar-refractivity contribution in [1.82, 2.24) is 0 Å². The van der Waals surface area contributed by atoms with E-state index in [9.17, 15) is 45.5 Å². The van der Waals surface area contributed by atoms with E-state index in [-0.39, 0.29) is 45.2 Å². The highest BCUT2D eigenvalue weighted by atomic mass is 32.1. The van der Waals surface area contributed by atoms with Gasteiger partial charge in [0, 0.05) is 75.9 Å². The van der Waals surface area contributed by atoms with Gasteiger partial charge < -0.3 is 9.47 Å². The molecule has 0 saturated heterocycles. The predicted molar refractivity (Wildman–Crippen MR) is 237 cm³/mol. The van der Waals surface area contributed by atoms with E-state index in [0.717, 1.165) is 133 Å². The fourth-order valence-electron chi connectivity index (χ4n) is 11.3. The summed E-state index contributed by atoms with van der Waals surface area (Å²) >= 11 is 2.85. The van der Waals surface area contributed by atoms with E-state index in [1.165, 1.54) is 22.7 Å². The normalized spacial score (nSPS) is 24.6. The molecule has 8 aliphatic rings. The third-order valence-electron chi connectivity index (χ3n) is 14.5. The highest BCUT2D eigenvalue weighted by molar-refractivity contribution is 7.14. The second-order valence-electron chi connectivity index (χ2n) is 18.4. The molecule has 66 heavy (non-hydrogen) atoms. The Morgan fingerprint density at radius 3 is 1.27 bits per heavy atom. The highest BCUT2D eigenvalue weighted by Gasteiger charge is 2.49. The summed E-state index contributed by atoms with van der Waals surface area (Å²) < 4.78 is 96.9. The Balaban J connectivity index is 0.943. The van der Waals surface area contributed by atoms with Gasteiger partial charge in [0.05, 0.1) is 11.1 Å². The first-order valence-corrected chi connectivity index (χ1v) is 23.7. The quantitative estimate of drug-likeness (QED) is 0.113. The Hall–Kier alpha value is -5.86. The van der Waals surface area contributed by atoms with Gasteiger partial charge in [-0.3, -0.25) is 19.2 Å². The molecule has 2 aromatic carbocycles. The number of fused-ring (bicyclic) bond motifs is 11. The first-order chi connectivity index (χ1) is 31.5. The molecule has 334 valence electrons. The highest BCUT2D eigenvalue weighted by Crippen LogP contribution is 2.59. The molecule has 6 aliphatic carbocycles. The summed E-state index contributed by atoms with van der Waals surface area (Å²) in [6, 6.07) is 9.48. The second kappa shape index (κ2) is 14.3. The van der Waals surface area contributed by atoms with Gasteiger partial charge in [0.15, 0.2) is 0 Å². The van der Waals surface area contributed by atoms with E-state index in [0.29, 0.717) is 21.3 Å². The van der Waals surface area contributed by atoms with Crippen molar-refractivity contribution in [2.45, 2.75) is 87.8 Å². The van der Waals surface area contributed by atoms with Gasteiger partial charge in [0.25, 0.3) is 0 Å². The number of ketones is 4. The molecule has 2 spiro atoms. The van der Waals surface area contributed by atoms with Crippen LogP contribution in [0.3, 0.4) is 0 Å². The van der Waals surface area contributed by atoms with E-state index < -0.39 is 57.8 Å². The number of rotatable bonds is 2. The van der Waals surface area contributed by atoms with Gasteiger partial charge in [-0.05, 0) is 135 Å². The van der Waals surface area contributed by atoms with Gasteiger partial charge in [-0.25, -0.2) is 0 Å². The third-order valence-corrected chi connectivity index (χ3v) is 16.8. The van der Waals surface area contributed by atoms with Crippen molar-refractivity contribution in [3.05, 3.63) is 148 Å². The molecule has 12 rings (SSSR count). The van der Waals surface area contributed by atoms with Crippen LogP contribution < -0.4 is 0 Å². The van der Waals surface area contributed by atoms with Crippen LogP contribution in [0.25, 0.3) is 34.4 Å². The maximum absolute atomic E-state index is 13.8. The van der Waals surface area contributed by atoms with E-state index >= 15 is 0 Å². The zero-order valence-corrected chi connectivity index (χ0v) is 36.5. The van der Waals surface area contributed by atoms with Crippen molar-refractivity contribution in [2.24, 2.45) is 11.8 Å². The maximum Gasteiger partial charge on any atom is 0.416 e. The Morgan fingerprint density at radius 1 is 0.500 bits per heavy atom. The lowest BCUT2D eigenvalue weighted by atomic mass is 9.72. The third kappa shape index (κ3) is 6.26. The largest absolute Gasteiger partial charge is 0.482 e. The summed E-state index contributed by atoms with van der Waals surface area (Å²) in [7, 11) is 0. The van der Waals surface area contributed by atoms with Crippen LogP contribution >= 0.6 is 22.7 Å². The molecule has 0 amide bonds. The van der Waals surface area contributed by atoms with Crippen LogP contribution in [0.4, 0.5) is 26.3 Å². The molecule has 2 saturated carbocycles. The summed E-state index contributed by atoms with van der Waals surface area (Å²) in [5.41, 5.74) is 0.168. The van der Waals surface area contributed by atoms with Gasteiger partial charge in [-0.1, -0.05) is 25.0 Å². The number of hydrogen-bond acceptors (Lipinski definition) is 8. The minimum absolute atomic E-state index is 0.0283. The Kier molecular flexibility index (Phi) is 9.02. The number of Topliss-reactive ketones (excluding diaryl/α,β-unsaturated/α-hetero) is 4. The number of halogens is 6. The lowest BCUT2D eigenvalue weighted by molar-refractivity contribution is -0.138. The van der Waals surface area contributed by atoms with Crippen molar-refractivity contribution in [3.63, 3.8) is 0 Å². The van der Waals surface area contributed by atoms with Gasteiger partial charge in [-0.2, -0.15) is 26.3 Å².